The fourth-order valence-electron chi connectivity index (χ4n) is 1.90. The van der Waals surface area contributed by atoms with Crippen molar-refractivity contribution in [2.75, 3.05) is 14.2 Å². The summed E-state index contributed by atoms with van der Waals surface area (Å²) in [6.45, 7) is 2.40. The van der Waals surface area contributed by atoms with Gasteiger partial charge >= 0.3 is 5.97 Å². The first kappa shape index (κ1) is 18.2. The summed E-state index contributed by atoms with van der Waals surface area (Å²) in [6, 6.07) is 7.66. The molecular weight excluding hydrogens is 284 g/mol. The summed E-state index contributed by atoms with van der Waals surface area (Å²) in [6.07, 6.45) is 3.18. The van der Waals surface area contributed by atoms with Gasteiger partial charge in [0.2, 0.25) is 0 Å². The topological polar surface area (TPSA) is 65.0 Å². The van der Waals surface area contributed by atoms with Gasteiger partial charge in [0.15, 0.2) is 0 Å². The molecule has 1 rings (SSSR count). The number of hydrogen-bond acceptors (Lipinski definition) is 5. The summed E-state index contributed by atoms with van der Waals surface area (Å²) in [4.78, 5) is 10.9. The van der Waals surface area contributed by atoms with E-state index in [2.05, 4.69) is 4.74 Å². The van der Waals surface area contributed by atoms with Crippen LogP contribution in [0.2, 0.25) is 0 Å². The van der Waals surface area contributed by atoms with Crippen molar-refractivity contribution in [1.29, 1.82) is 0 Å². The maximum Gasteiger partial charge on any atom is 0.330 e. The Morgan fingerprint density at radius 3 is 2.55 bits per heavy atom. The Labute approximate surface area is 131 Å². The van der Waals surface area contributed by atoms with Crippen LogP contribution in [0.5, 0.6) is 5.75 Å². The average Bonchev–Trinajstić information content (AvgIpc) is 2.53. The van der Waals surface area contributed by atoms with Gasteiger partial charge in [-0.05, 0) is 37.5 Å². The Morgan fingerprint density at radius 2 is 1.95 bits per heavy atom. The highest BCUT2D eigenvalue weighted by atomic mass is 16.5. The molecule has 0 fully saturated rings. The van der Waals surface area contributed by atoms with Gasteiger partial charge in [0.1, 0.15) is 5.75 Å². The van der Waals surface area contributed by atoms with Gasteiger partial charge in [-0.15, -0.1) is 0 Å². The highest BCUT2D eigenvalue weighted by Crippen LogP contribution is 2.14. The second-order valence-corrected chi connectivity index (χ2v) is 5.02. The van der Waals surface area contributed by atoms with Gasteiger partial charge in [-0.2, -0.15) is 0 Å². The number of aliphatic hydroxyl groups is 1. The third kappa shape index (κ3) is 7.24. The zero-order chi connectivity index (χ0) is 16.4. The van der Waals surface area contributed by atoms with Crippen LogP contribution in [0.1, 0.15) is 25.3 Å². The zero-order valence-electron chi connectivity index (χ0n) is 13.3. The van der Waals surface area contributed by atoms with Crippen LogP contribution in [0.15, 0.2) is 36.4 Å². The lowest BCUT2D eigenvalue weighted by atomic mass is 10.1. The molecule has 0 amide bonds. The smallest absolute Gasteiger partial charge is 0.330 e. The minimum Gasteiger partial charge on any atom is -0.497 e. The molecule has 0 aromatic heterocycles. The summed E-state index contributed by atoms with van der Waals surface area (Å²) in [5.41, 5.74) is 1.05. The van der Waals surface area contributed by atoms with E-state index in [9.17, 15) is 9.90 Å². The van der Waals surface area contributed by atoms with Gasteiger partial charge < -0.3 is 19.3 Å². The monoisotopic (exact) mass is 308 g/mol. The van der Waals surface area contributed by atoms with Crippen molar-refractivity contribution < 1.29 is 24.1 Å². The normalized spacial score (nSPS) is 13.8. The lowest BCUT2D eigenvalue weighted by Gasteiger charge is -2.16. The molecule has 0 aliphatic rings. The first-order valence-electron chi connectivity index (χ1n) is 7.22. The van der Waals surface area contributed by atoms with E-state index < -0.39 is 12.1 Å². The lowest BCUT2D eigenvalue weighted by molar-refractivity contribution is -0.134. The van der Waals surface area contributed by atoms with Crippen molar-refractivity contribution in [3.8, 4) is 5.75 Å². The summed E-state index contributed by atoms with van der Waals surface area (Å²) in [5.74, 6) is 0.389. The van der Waals surface area contributed by atoms with Crippen LogP contribution in [-0.4, -0.2) is 37.5 Å². The minimum atomic E-state index is -0.549. The molecule has 0 heterocycles. The Kier molecular flexibility index (Phi) is 8.25. The van der Waals surface area contributed by atoms with Crippen LogP contribution in [0, 0.1) is 0 Å². The van der Waals surface area contributed by atoms with E-state index in [0.717, 1.165) is 11.3 Å². The molecule has 5 nitrogen and oxygen atoms in total. The summed E-state index contributed by atoms with van der Waals surface area (Å²) in [7, 11) is 2.95. The molecule has 0 aliphatic heterocycles. The molecular formula is C17H24O5. The second kappa shape index (κ2) is 9.97. The molecule has 0 bridgehead atoms. The number of methoxy groups -OCH3 is 2. The van der Waals surface area contributed by atoms with E-state index in [1.165, 1.54) is 13.2 Å². The van der Waals surface area contributed by atoms with Crippen LogP contribution in [0.25, 0.3) is 0 Å². The molecule has 0 radical (unpaired) electrons. The minimum absolute atomic E-state index is 0.0800. The first-order chi connectivity index (χ1) is 10.5. The fourth-order valence-corrected chi connectivity index (χ4v) is 1.90. The Hall–Kier alpha value is -1.85. The van der Waals surface area contributed by atoms with Crippen molar-refractivity contribution in [3.63, 3.8) is 0 Å². The number of esters is 1. The fraction of sp³-hybridized carbons (Fsp3) is 0.471. The third-order valence-corrected chi connectivity index (χ3v) is 3.16. The van der Waals surface area contributed by atoms with Crippen molar-refractivity contribution in [3.05, 3.63) is 42.0 Å². The predicted molar refractivity (Wildman–Crippen MR) is 83.6 cm³/mol. The number of benzene rings is 1. The van der Waals surface area contributed by atoms with Gasteiger partial charge in [0.05, 0.1) is 33.0 Å². The molecule has 0 aliphatic carbocycles. The van der Waals surface area contributed by atoms with Gasteiger partial charge in [-0.3, -0.25) is 0 Å². The van der Waals surface area contributed by atoms with E-state index in [1.807, 2.05) is 31.2 Å². The number of aliphatic hydroxyl groups excluding tert-OH is 1. The zero-order valence-corrected chi connectivity index (χ0v) is 13.3. The molecule has 1 aromatic carbocycles. The van der Waals surface area contributed by atoms with Crippen molar-refractivity contribution in [2.45, 2.75) is 38.6 Å². The summed E-state index contributed by atoms with van der Waals surface area (Å²) in [5, 5.41) is 9.87. The highest BCUT2D eigenvalue weighted by molar-refractivity contribution is 5.81. The molecule has 1 N–H and O–H groups in total. The maximum absolute atomic E-state index is 10.9. The molecule has 0 unspecified atom stereocenters. The molecule has 0 saturated carbocycles. The van der Waals surface area contributed by atoms with E-state index in [-0.39, 0.29) is 6.10 Å². The third-order valence-electron chi connectivity index (χ3n) is 3.16. The van der Waals surface area contributed by atoms with Gasteiger partial charge in [0, 0.05) is 6.08 Å². The van der Waals surface area contributed by atoms with Crippen LogP contribution >= 0.6 is 0 Å². The van der Waals surface area contributed by atoms with Gasteiger partial charge in [0.25, 0.3) is 0 Å². The SMILES string of the molecule is COC(=O)/C=C/C[C@@H](O)C[C@@H](C)OCc1ccc(OC)cc1. The largest absolute Gasteiger partial charge is 0.497 e. The number of carbonyl (C=O) groups is 1. The molecule has 0 spiro atoms. The average molecular weight is 308 g/mol. The molecule has 0 saturated heterocycles. The molecule has 2 atom stereocenters. The number of hydrogen-bond donors (Lipinski definition) is 1. The van der Waals surface area contributed by atoms with Crippen molar-refractivity contribution in [1.82, 2.24) is 0 Å². The Bertz CT molecular complexity index is 466. The quantitative estimate of drug-likeness (QED) is 0.561. The van der Waals surface area contributed by atoms with Crippen molar-refractivity contribution >= 4 is 5.97 Å². The predicted octanol–water partition coefficient (Wildman–Crippen LogP) is 2.47. The standard InChI is InChI=1S/C17H24O5/c1-13(11-15(18)5-4-6-17(19)21-3)22-12-14-7-9-16(20-2)10-8-14/h4,6-10,13,15,18H,5,11-12H2,1-3H3/b6-4+/t13-,15-/m1/s1. The Morgan fingerprint density at radius 1 is 1.27 bits per heavy atom. The van der Waals surface area contributed by atoms with E-state index >= 15 is 0 Å². The summed E-state index contributed by atoms with van der Waals surface area (Å²) >= 11 is 0. The van der Waals surface area contributed by atoms with E-state index in [1.54, 1.807) is 13.2 Å². The number of rotatable bonds is 9. The highest BCUT2D eigenvalue weighted by Gasteiger charge is 2.10. The van der Waals surface area contributed by atoms with Crippen LogP contribution in [0.4, 0.5) is 0 Å². The van der Waals surface area contributed by atoms with Crippen LogP contribution in [-0.2, 0) is 20.9 Å². The second-order valence-electron chi connectivity index (χ2n) is 5.02. The van der Waals surface area contributed by atoms with Gasteiger partial charge in [-0.25, -0.2) is 4.79 Å². The van der Waals surface area contributed by atoms with Gasteiger partial charge in [-0.1, -0.05) is 18.2 Å². The molecule has 1 aromatic rings. The summed E-state index contributed by atoms with van der Waals surface area (Å²) < 4.78 is 15.3. The lowest BCUT2D eigenvalue weighted by Crippen LogP contribution is -2.17. The Balaban J connectivity index is 2.28. The first-order valence-corrected chi connectivity index (χ1v) is 7.22. The number of carbonyl (C=O) groups excluding carboxylic acids is 1. The van der Waals surface area contributed by atoms with E-state index in [4.69, 9.17) is 9.47 Å². The maximum atomic E-state index is 10.9. The molecule has 5 heteroatoms. The van der Waals surface area contributed by atoms with Crippen LogP contribution < -0.4 is 4.74 Å². The molecule has 22 heavy (non-hydrogen) atoms. The molecule has 122 valence electrons. The number of ether oxygens (including phenoxy) is 3. The van der Waals surface area contributed by atoms with E-state index in [0.29, 0.717) is 19.4 Å². The van der Waals surface area contributed by atoms with Crippen molar-refractivity contribution in [2.24, 2.45) is 0 Å². The van der Waals surface area contributed by atoms with Crippen LogP contribution in [0.3, 0.4) is 0 Å².